The second kappa shape index (κ2) is 5.87. The number of hydrogen-bond donors (Lipinski definition) is 0. The number of ether oxygens (including phenoxy) is 1. The monoisotopic (exact) mass is 333 g/mol. The molecular weight excluding hydrogens is 309 g/mol. The third kappa shape index (κ3) is 3.45. The summed E-state index contributed by atoms with van der Waals surface area (Å²) in [5.41, 5.74) is 0.496. The molecule has 1 amide bonds. The highest BCUT2D eigenvalue weighted by atomic mass is 19.1. The van der Waals surface area contributed by atoms with Crippen LogP contribution in [0.3, 0.4) is 0 Å². The maximum Gasteiger partial charge on any atom is 0.338 e. The molecule has 3 rings (SSSR count). The van der Waals surface area contributed by atoms with Crippen molar-refractivity contribution in [3.63, 3.8) is 0 Å². The molecule has 1 aliphatic carbocycles. The Morgan fingerprint density at radius 3 is 2.75 bits per heavy atom. The second-order valence-corrected chi connectivity index (χ2v) is 8.32. The molecule has 2 fully saturated rings. The topological polar surface area (TPSA) is 46.6 Å². The van der Waals surface area contributed by atoms with Crippen LogP contribution in [0.4, 0.5) is 4.39 Å². The lowest BCUT2D eigenvalue weighted by Gasteiger charge is -2.39. The number of hydrogen-bond acceptors (Lipinski definition) is 3. The Balaban J connectivity index is 1.61. The zero-order chi connectivity index (χ0) is 17.5. The molecular formula is C19H24FNO3. The van der Waals surface area contributed by atoms with Crippen LogP contribution in [-0.2, 0) is 9.53 Å². The minimum absolute atomic E-state index is 0.121. The molecule has 1 aromatic carbocycles. The lowest BCUT2D eigenvalue weighted by molar-refractivity contribution is -0.135. The van der Waals surface area contributed by atoms with Gasteiger partial charge in [-0.2, -0.15) is 0 Å². The van der Waals surface area contributed by atoms with Crippen LogP contribution >= 0.6 is 0 Å². The summed E-state index contributed by atoms with van der Waals surface area (Å²) < 4.78 is 18.2. The summed E-state index contributed by atoms with van der Waals surface area (Å²) in [7, 11) is 0. The van der Waals surface area contributed by atoms with E-state index in [9.17, 15) is 14.0 Å². The molecule has 0 N–H and O–H groups in total. The fraction of sp³-hybridized carbons (Fsp3) is 0.579. The summed E-state index contributed by atoms with van der Waals surface area (Å²) in [4.78, 5) is 26.3. The average molecular weight is 333 g/mol. The summed E-state index contributed by atoms with van der Waals surface area (Å²) in [5, 5.41) is 0. The minimum atomic E-state index is -0.670. The maximum absolute atomic E-state index is 13.2. The van der Waals surface area contributed by atoms with E-state index in [1.54, 1.807) is 0 Å². The first-order chi connectivity index (χ1) is 11.2. The fourth-order valence-corrected chi connectivity index (χ4v) is 4.66. The van der Waals surface area contributed by atoms with Gasteiger partial charge in [-0.05, 0) is 48.3 Å². The molecule has 2 atom stereocenters. The van der Waals surface area contributed by atoms with Gasteiger partial charge in [0.15, 0.2) is 6.61 Å². The largest absolute Gasteiger partial charge is 0.452 e. The van der Waals surface area contributed by atoms with Crippen molar-refractivity contribution in [1.29, 1.82) is 0 Å². The smallest absolute Gasteiger partial charge is 0.338 e. The molecule has 1 aliphatic heterocycles. The van der Waals surface area contributed by atoms with E-state index in [2.05, 4.69) is 20.8 Å². The van der Waals surface area contributed by atoms with Crippen LogP contribution in [0.15, 0.2) is 24.3 Å². The molecule has 2 bridgehead atoms. The van der Waals surface area contributed by atoms with Crippen molar-refractivity contribution in [2.45, 2.75) is 46.1 Å². The van der Waals surface area contributed by atoms with Gasteiger partial charge < -0.3 is 9.64 Å². The Hall–Kier alpha value is -1.91. The number of likely N-dealkylation sites (tertiary alicyclic amines) is 1. The molecule has 130 valence electrons. The highest BCUT2D eigenvalue weighted by Gasteiger charge is 2.50. The maximum atomic E-state index is 13.2. The van der Waals surface area contributed by atoms with Gasteiger partial charge in [-0.1, -0.05) is 26.8 Å². The van der Waals surface area contributed by atoms with Gasteiger partial charge >= 0.3 is 5.97 Å². The first kappa shape index (κ1) is 16.9. The van der Waals surface area contributed by atoms with Gasteiger partial charge in [0.05, 0.1) is 5.56 Å². The molecule has 1 saturated carbocycles. The Bertz CT molecular complexity index is 672. The van der Waals surface area contributed by atoms with E-state index in [1.807, 2.05) is 4.90 Å². The molecule has 1 saturated heterocycles. The third-order valence-corrected chi connectivity index (χ3v) is 5.12. The molecule has 2 aliphatic rings. The van der Waals surface area contributed by atoms with E-state index >= 15 is 0 Å². The van der Waals surface area contributed by atoms with Crippen LogP contribution in [0.25, 0.3) is 0 Å². The van der Waals surface area contributed by atoms with E-state index in [4.69, 9.17) is 4.74 Å². The van der Waals surface area contributed by atoms with Crippen LogP contribution < -0.4 is 0 Å². The predicted octanol–water partition coefficient (Wildman–Crippen LogP) is 3.41. The van der Waals surface area contributed by atoms with Crippen LogP contribution in [0.2, 0.25) is 0 Å². The van der Waals surface area contributed by atoms with E-state index in [0.717, 1.165) is 31.9 Å². The minimum Gasteiger partial charge on any atom is -0.452 e. The molecule has 5 heteroatoms. The summed E-state index contributed by atoms with van der Waals surface area (Å²) in [6.07, 6.45) is 3.09. The number of carbonyl (C=O) groups is 2. The fourth-order valence-electron chi connectivity index (χ4n) is 4.66. The van der Waals surface area contributed by atoms with Gasteiger partial charge in [-0.3, -0.25) is 4.79 Å². The molecule has 1 aromatic rings. The van der Waals surface area contributed by atoms with Crippen molar-refractivity contribution in [1.82, 2.24) is 4.90 Å². The number of rotatable bonds is 3. The highest BCUT2D eigenvalue weighted by molar-refractivity contribution is 5.91. The van der Waals surface area contributed by atoms with Crippen LogP contribution in [0.1, 0.15) is 50.4 Å². The lowest BCUT2D eigenvalue weighted by Crippen LogP contribution is -2.39. The number of nitrogens with zero attached hydrogens (tertiary/aromatic N) is 1. The van der Waals surface area contributed by atoms with Gasteiger partial charge in [-0.15, -0.1) is 0 Å². The predicted molar refractivity (Wildman–Crippen MR) is 87.9 cm³/mol. The number of fused-ring (bicyclic) bond motifs is 2. The van der Waals surface area contributed by atoms with Crippen LogP contribution in [-0.4, -0.2) is 36.0 Å². The summed E-state index contributed by atoms with van der Waals surface area (Å²) in [6, 6.07) is 5.51. The molecule has 24 heavy (non-hydrogen) atoms. The first-order valence-corrected chi connectivity index (χ1v) is 8.40. The van der Waals surface area contributed by atoms with Crippen molar-refractivity contribution in [2.24, 2.45) is 10.8 Å². The van der Waals surface area contributed by atoms with Crippen molar-refractivity contribution >= 4 is 11.9 Å². The van der Waals surface area contributed by atoms with E-state index < -0.39 is 11.8 Å². The first-order valence-electron chi connectivity index (χ1n) is 8.40. The van der Waals surface area contributed by atoms with Crippen molar-refractivity contribution in [2.75, 3.05) is 13.2 Å². The summed E-state index contributed by atoms with van der Waals surface area (Å²) >= 11 is 0. The second-order valence-electron chi connectivity index (χ2n) is 8.32. The van der Waals surface area contributed by atoms with Gasteiger partial charge in [0.25, 0.3) is 5.91 Å². The Kier molecular flexibility index (Phi) is 4.14. The van der Waals surface area contributed by atoms with E-state index in [0.29, 0.717) is 0 Å². The number of halogens is 1. The van der Waals surface area contributed by atoms with Gasteiger partial charge in [0, 0.05) is 12.6 Å². The van der Waals surface area contributed by atoms with Gasteiger partial charge in [0.1, 0.15) is 5.82 Å². The number of esters is 1. The molecule has 0 aromatic heterocycles. The third-order valence-electron chi connectivity index (χ3n) is 5.12. The summed E-state index contributed by atoms with van der Waals surface area (Å²) in [5.74, 6) is -1.33. The summed E-state index contributed by atoms with van der Waals surface area (Å²) in [6.45, 7) is 7.15. The number of carbonyl (C=O) groups excluding carboxylic acids is 2. The SMILES string of the molecule is CC1(C)C[C@H]2C[C@](C)(CN2C(=O)COC(=O)c2cccc(F)c2)C1. The van der Waals surface area contributed by atoms with Gasteiger partial charge in [-0.25, -0.2) is 9.18 Å². The highest BCUT2D eigenvalue weighted by Crippen LogP contribution is 2.52. The Labute approximate surface area is 142 Å². The zero-order valence-corrected chi connectivity index (χ0v) is 14.5. The molecule has 0 unspecified atom stereocenters. The van der Waals surface area contributed by atoms with Gasteiger partial charge in [0.2, 0.25) is 0 Å². The van der Waals surface area contributed by atoms with Crippen molar-refractivity contribution in [3.05, 3.63) is 35.6 Å². The standard InChI is InChI=1S/C19H24FNO3/c1-18(2)8-15-9-19(3,11-18)12-21(15)16(22)10-24-17(23)13-5-4-6-14(20)7-13/h4-7,15H,8-12H2,1-3H3/t15-,19-/m0/s1. The normalized spacial score (nSPS) is 27.8. The lowest BCUT2D eigenvalue weighted by atomic mass is 9.65. The average Bonchev–Trinajstić information content (AvgIpc) is 2.73. The molecule has 0 radical (unpaired) electrons. The van der Waals surface area contributed by atoms with E-state index in [1.165, 1.54) is 18.2 Å². The van der Waals surface area contributed by atoms with Crippen molar-refractivity contribution in [3.8, 4) is 0 Å². The molecule has 0 spiro atoms. The van der Waals surface area contributed by atoms with Crippen LogP contribution in [0, 0.1) is 16.6 Å². The van der Waals surface area contributed by atoms with Crippen molar-refractivity contribution < 1.29 is 18.7 Å². The Morgan fingerprint density at radius 2 is 2.04 bits per heavy atom. The molecule has 4 nitrogen and oxygen atoms in total. The zero-order valence-electron chi connectivity index (χ0n) is 14.5. The quantitative estimate of drug-likeness (QED) is 0.797. The van der Waals surface area contributed by atoms with Crippen LogP contribution in [0.5, 0.6) is 0 Å². The van der Waals surface area contributed by atoms with E-state index in [-0.39, 0.29) is 34.9 Å². The molecule has 1 heterocycles. The number of benzene rings is 1. The number of amides is 1. The Morgan fingerprint density at radius 1 is 1.29 bits per heavy atom.